The number of carbonyl (C=O) groups is 1. The highest BCUT2D eigenvalue weighted by molar-refractivity contribution is 5.95. The molecule has 5 heterocycles. The molecule has 6 rings (SSSR count). The number of fused-ring (bicyclic) bond motifs is 2. The van der Waals surface area contributed by atoms with E-state index in [-0.39, 0.29) is 18.0 Å². The van der Waals surface area contributed by atoms with Gasteiger partial charge in [0.2, 0.25) is 5.91 Å². The van der Waals surface area contributed by atoms with Crippen molar-refractivity contribution in [2.24, 2.45) is 5.73 Å². The number of morpholine rings is 1. The average Bonchev–Trinajstić information content (AvgIpc) is 3.54. The molecule has 206 valence electrons. The van der Waals surface area contributed by atoms with E-state index in [0.29, 0.717) is 32.1 Å². The highest BCUT2D eigenvalue weighted by Crippen LogP contribution is 2.32. The number of carbonyl (C=O) groups excluding carboxylic acids is 1. The largest absolute Gasteiger partial charge is 0.378 e. The lowest BCUT2D eigenvalue weighted by Gasteiger charge is -2.43. The number of aryl methyl sites for hydroxylation is 1. The molecule has 11 heteroatoms. The third-order valence-electron chi connectivity index (χ3n) is 8.00. The van der Waals surface area contributed by atoms with Gasteiger partial charge in [0, 0.05) is 67.5 Å². The van der Waals surface area contributed by atoms with Crippen molar-refractivity contribution in [3.8, 4) is 11.4 Å². The Morgan fingerprint density at radius 2 is 1.87 bits per heavy atom. The molecule has 2 fully saturated rings. The van der Waals surface area contributed by atoms with Crippen LogP contribution in [0.1, 0.15) is 26.6 Å². The van der Waals surface area contributed by atoms with Gasteiger partial charge in [-0.15, -0.1) is 0 Å². The molecule has 2 aliphatic heterocycles. The van der Waals surface area contributed by atoms with Gasteiger partial charge in [-0.25, -0.2) is 15.0 Å². The van der Waals surface area contributed by atoms with E-state index in [4.69, 9.17) is 25.4 Å². The summed E-state index contributed by atoms with van der Waals surface area (Å²) in [4.78, 5) is 37.2. The fraction of sp³-hybridized carbons (Fsp3) is 0.500. The molecule has 0 saturated carbocycles. The van der Waals surface area contributed by atoms with Crippen molar-refractivity contribution in [3.63, 3.8) is 0 Å². The molecule has 2 aliphatic rings. The highest BCUT2D eigenvalue weighted by atomic mass is 16.5. The second-order valence-electron chi connectivity index (χ2n) is 10.7. The first-order valence-electron chi connectivity index (χ1n) is 13.9. The third-order valence-corrected chi connectivity index (χ3v) is 8.00. The van der Waals surface area contributed by atoms with Crippen LogP contribution in [0, 0.1) is 0 Å². The Morgan fingerprint density at radius 3 is 2.59 bits per heavy atom. The zero-order valence-electron chi connectivity index (χ0n) is 22.9. The van der Waals surface area contributed by atoms with Gasteiger partial charge in [-0.2, -0.15) is 0 Å². The van der Waals surface area contributed by atoms with E-state index in [1.807, 2.05) is 12.3 Å². The van der Waals surface area contributed by atoms with Crippen LogP contribution >= 0.6 is 0 Å². The average molecular weight is 532 g/mol. The topological polar surface area (TPSA) is 121 Å². The van der Waals surface area contributed by atoms with E-state index in [1.165, 1.54) is 0 Å². The van der Waals surface area contributed by atoms with E-state index in [1.54, 1.807) is 0 Å². The number of imidazole rings is 1. The Morgan fingerprint density at radius 1 is 1.10 bits per heavy atom. The number of ether oxygens (including phenoxy) is 1. The fourth-order valence-electron chi connectivity index (χ4n) is 6.17. The van der Waals surface area contributed by atoms with Crippen molar-refractivity contribution >= 4 is 33.8 Å². The zero-order chi connectivity index (χ0) is 27.1. The maximum absolute atomic E-state index is 11.6. The first kappa shape index (κ1) is 25.7. The molecule has 0 unspecified atom stereocenters. The van der Waals surface area contributed by atoms with Crippen LogP contribution in [0.3, 0.4) is 0 Å². The van der Waals surface area contributed by atoms with Crippen LogP contribution in [0.2, 0.25) is 0 Å². The number of hydrogen-bond donors (Lipinski definition) is 2. The quantitative estimate of drug-likeness (QED) is 0.372. The first-order valence-corrected chi connectivity index (χ1v) is 13.9. The van der Waals surface area contributed by atoms with Gasteiger partial charge in [-0.05, 0) is 32.9 Å². The molecule has 3 aromatic heterocycles. The van der Waals surface area contributed by atoms with Crippen LogP contribution in [-0.2, 0) is 22.6 Å². The normalized spacial score (nSPS) is 21.3. The summed E-state index contributed by atoms with van der Waals surface area (Å²) in [6.45, 7) is 12.8. The second kappa shape index (κ2) is 10.6. The summed E-state index contributed by atoms with van der Waals surface area (Å²) in [6, 6.07) is 8.71. The summed E-state index contributed by atoms with van der Waals surface area (Å²) in [5.41, 5.74) is 9.27. The van der Waals surface area contributed by atoms with Crippen molar-refractivity contribution in [1.29, 1.82) is 0 Å². The summed E-state index contributed by atoms with van der Waals surface area (Å²) in [5, 5.41) is 1.10. The third kappa shape index (κ3) is 4.86. The molecule has 1 amide bonds. The fourth-order valence-corrected chi connectivity index (χ4v) is 6.17. The summed E-state index contributed by atoms with van der Waals surface area (Å²) in [7, 11) is 0. The lowest BCUT2D eigenvalue weighted by atomic mass is 10.1. The van der Waals surface area contributed by atoms with Gasteiger partial charge in [0.05, 0.1) is 26.3 Å². The lowest BCUT2D eigenvalue weighted by molar-refractivity contribution is -0.121. The van der Waals surface area contributed by atoms with Gasteiger partial charge in [0.1, 0.15) is 5.82 Å². The van der Waals surface area contributed by atoms with E-state index in [2.05, 4.69) is 63.2 Å². The predicted octanol–water partition coefficient (Wildman–Crippen LogP) is 2.21. The summed E-state index contributed by atoms with van der Waals surface area (Å²) in [6.07, 6.45) is 1.95. The number of nitrogens with zero attached hydrogens (tertiary/aromatic N) is 7. The molecule has 0 aliphatic carbocycles. The summed E-state index contributed by atoms with van der Waals surface area (Å²) in [5.74, 6) is 2.27. The van der Waals surface area contributed by atoms with E-state index in [9.17, 15) is 4.79 Å². The minimum absolute atomic E-state index is 0.220. The van der Waals surface area contributed by atoms with E-state index >= 15 is 0 Å². The van der Waals surface area contributed by atoms with Crippen LogP contribution in [-0.4, -0.2) is 98.2 Å². The number of aromatic nitrogens is 5. The SMILES string of the molecule is CCn1c(CN2C[C@@H](C)N(CC(N)=O)[C@@H](C)C2)nc2c(N3CCOCC3)nc(-c3cccc4[nH]ccc34)nc21. The minimum Gasteiger partial charge on any atom is -0.378 e. The summed E-state index contributed by atoms with van der Waals surface area (Å²) >= 11 is 0. The molecule has 3 N–H and O–H groups in total. The maximum Gasteiger partial charge on any atom is 0.231 e. The Hall–Kier alpha value is -3.54. The number of rotatable bonds is 7. The Labute approximate surface area is 227 Å². The van der Waals surface area contributed by atoms with Gasteiger partial charge >= 0.3 is 0 Å². The Bertz CT molecular complexity index is 1480. The standard InChI is InChI=1S/C28H37N9O2/c1-4-36-24(17-34-14-18(2)37(16-23(29)38)19(3)15-34)31-25-27(35-10-12-39-13-11-35)32-26(33-28(25)36)21-6-5-7-22-20(21)8-9-30-22/h5-9,18-19,30H,4,10-17H2,1-3H3,(H2,29,38)/t18-,19+. The number of H-pyrrole nitrogens is 1. The van der Waals surface area contributed by atoms with Crippen LogP contribution in [0.5, 0.6) is 0 Å². The van der Waals surface area contributed by atoms with Crippen molar-refractivity contribution in [2.75, 3.05) is 50.8 Å². The Balaban J connectivity index is 1.41. The van der Waals surface area contributed by atoms with Crippen LogP contribution in [0.25, 0.3) is 33.5 Å². The Kier molecular flexibility index (Phi) is 6.96. The molecule has 0 spiro atoms. The summed E-state index contributed by atoms with van der Waals surface area (Å²) < 4.78 is 7.87. The number of amides is 1. The first-order chi connectivity index (χ1) is 18.9. The van der Waals surface area contributed by atoms with Crippen LogP contribution < -0.4 is 10.6 Å². The van der Waals surface area contributed by atoms with Crippen molar-refractivity contribution in [3.05, 3.63) is 36.3 Å². The molecule has 4 aromatic rings. The molecule has 0 radical (unpaired) electrons. The maximum atomic E-state index is 11.6. The lowest BCUT2D eigenvalue weighted by Crippen LogP contribution is -2.58. The number of hydrogen-bond acceptors (Lipinski definition) is 8. The number of piperazine rings is 1. The number of primary amides is 1. The van der Waals surface area contributed by atoms with E-state index < -0.39 is 0 Å². The highest BCUT2D eigenvalue weighted by Gasteiger charge is 2.31. The van der Waals surface area contributed by atoms with Gasteiger partial charge in [-0.3, -0.25) is 14.6 Å². The van der Waals surface area contributed by atoms with Gasteiger partial charge < -0.3 is 24.9 Å². The van der Waals surface area contributed by atoms with E-state index in [0.717, 1.165) is 72.0 Å². The number of nitrogens with two attached hydrogens (primary N) is 1. The molecule has 1 aromatic carbocycles. The number of benzene rings is 1. The van der Waals surface area contributed by atoms with Crippen molar-refractivity contribution in [2.45, 2.75) is 45.9 Å². The van der Waals surface area contributed by atoms with Crippen molar-refractivity contribution < 1.29 is 9.53 Å². The molecule has 2 atom stereocenters. The molecular weight excluding hydrogens is 494 g/mol. The molecule has 2 saturated heterocycles. The minimum atomic E-state index is -0.282. The van der Waals surface area contributed by atoms with Gasteiger partial charge in [-0.1, -0.05) is 12.1 Å². The molecule has 11 nitrogen and oxygen atoms in total. The zero-order valence-corrected chi connectivity index (χ0v) is 22.9. The molecule has 0 bridgehead atoms. The molecular formula is C28H37N9O2. The molecule has 39 heavy (non-hydrogen) atoms. The smallest absolute Gasteiger partial charge is 0.231 e. The predicted molar refractivity (Wildman–Crippen MR) is 151 cm³/mol. The number of aromatic amines is 1. The van der Waals surface area contributed by atoms with Gasteiger partial charge in [0.25, 0.3) is 0 Å². The monoisotopic (exact) mass is 531 g/mol. The number of nitrogens with one attached hydrogen (secondary N) is 1. The van der Waals surface area contributed by atoms with Crippen molar-refractivity contribution in [1.82, 2.24) is 34.3 Å². The second-order valence-corrected chi connectivity index (χ2v) is 10.7. The van der Waals surface area contributed by atoms with Gasteiger partial charge in [0.15, 0.2) is 22.8 Å². The number of anilines is 1. The van der Waals surface area contributed by atoms with Crippen LogP contribution in [0.4, 0.5) is 5.82 Å². The van der Waals surface area contributed by atoms with Crippen LogP contribution in [0.15, 0.2) is 30.5 Å².